The fourth-order valence-corrected chi connectivity index (χ4v) is 3.91. The molecule has 1 aromatic heterocycles. The highest BCUT2D eigenvalue weighted by Crippen LogP contribution is 2.27. The van der Waals surface area contributed by atoms with Crippen LogP contribution in [0.25, 0.3) is 6.08 Å². The average molecular weight is 478 g/mol. The second kappa shape index (κ2) is 9.57. The summed E-state index contributed by atoms with van der Waals surface area (Å²) in [6.45, 7) is 6.75. The van der Waals surface area contributed by atoms with E-state index in [0.717, 1.165) is 21.8 Å². The van der Waals surface area contributed by atoms with Crippen LogP contribution in [0, 0.1) is 20.8 Å². The van der Waals surface area contributed by atoms with Crippen LogP contribution in [0.3, 0.4) is 0 Å². The standard InChI is InChI=1S/C26H24ClN3O4/c1-16-6-9-23(18(3)13-16)34-12-11-29-10-4-5-19(29)14-21-24(31)28-26(33)30(25(21)32)20-8-7-17(2)22(27)15-20/h4-10,13-15H,11-12H2,1-3H3,(H,28,31,33). The number of halogens is 1. The average Bonchev–Trinajstić information content (AvgIpc) is 3.22. The number of ether oxygens (including phenoxy) is 1. The van der Waals surface area contributed by atoms with Gasteiger partial charge in [-0.3, -0.25) is 14.9 Å². The van der Waals surface area contributed by atoms with Crippen LogP contribution in [-0.4, -0.2) is 29.0 Å². The number of carbonyl (C=O) groups is 3. The monoisotopic (exact) mass is 477 g/mol. The molecular formula is C26H24ClN3O4. The molecule has 8 heteroatoms. The molecule has 1 saturated heterocycles. The van der Waals surface area contributed by atoms with Crippen LogP contribution in [0.1, 0.15) is 22.4 Å². The minimum absolute atomic E-state index is 0.147. The predicted octanol–water partition coefficient (Wildman–Crippen LogP) is 4.81. The molecule has 7 nitrogen and oxygen atoms in total. The Hall–Kier alpha value is -3.84. The number of anilines is 1. The Bertz CT molecular complexity index is 1330. The van der Waals surface area contributed by atoms with E-state index in [1.54, 1.807) is 18.2 Å². The van der Waals surface area contributed by atoms with Crippen LogP contribution in [0.2, 0.25) is 5.02 Å². The number of urea groups is 1. The molecule has 0 atom stereocenters. The van der Waals surface area contributed by atoms with Gasteiger partial charge in [-0.1, -0.05) is 35.4 Å². The van der Waals surface area contributed by atoms with E-state index in [4.69, 9.17) is 16.3 Å². The van der Waals surface area contributed by atoms with Crippen molar-refractivity contribution in [1.82, 2.24) is 9.88 Å². The van der Waals surface area contributed by atoms with Crippen LogP contribution in [0.5, 0.6) is 5.75 Å². The third kappa shape index (κ3) is 4.75. The van der Waals surface area contributed by atoms with Crippen LogP contribution in [0.4, 0.5) is 10.5 Å². The van der Waals surface area contributed by atoms with E-state index >= 15 is 0 Å². The molecule has 1 fully saturated rings. The maximum atomic E-state index is 13.1. The highest BCUT2D eigenvalue weighted by atomic mass is 35.5. The van der Waals surface area contributed by atoms with Crippen LogP contribution in [-0.2, 0) is 16.1 Å². The summed E-state index contributed by atoms with van der Waals surface area (Å²) in [4.78, 5) is 39.0. The highest BCUT2D eigenvalue weighted by molar-refractivity contribution is 6.39. The van der Waals surface area contributed by atoms with E-state index in [2.05, 4.69) is 11.4 Å². The minimum Gasteiger partial charge on any atom is -0.491 e. The fourth-order valence-electron chi connectivity index (χ4n) is 3.74. The zero-order valence-corrected chi connectivity index (χ0v) is 19.8. The topological polar surface area (TPSA) is 80.6 Å². The second-order valence-electron chi connectivity index (χ2n) is 8.14. The molecule has 3 aromatic rings. The molecule has 4 amide bonds. The number of amides is 4. The maximum Gasteiger partial charge on any atom is 0.335 e. The van der Waals surface area contributed by atoms with Gasteiger partial charge in [-0.15, -0.1) is 0 Å². The molecule has 0 saturated carbocycles. The van der Waals surface area contributed by atoms with Crippen molar-refractivity contribution in [3.8, 4) is 5.75 Å². The zero-order valence-electron chi connectivity index (χ0n) is 19.1. The molecule has 4 rings (SSSR count). The third-order valence-electron chi connectivity index (χ3n) is 5.59. The van der Waals surface area contributed by atoms with Crippen molar-refractivity contribution in [3.05, 3.63) is 87.7 Å². The van der Waals surface area contributed by atoms with E-state index in [-0.39, 0.29) is 11.3 Å². The van der Waals surface area contributed by atoms with Crippen molar-refractivity contribution in [2.75, 3.05) is 11.5 Å². The Morgan fingerprint density at radius 3 is 2.53 bits per heavy atom. The van der Waals surface area contributed by atoms with Crippen molar-refractivity contribution in [1.29, 1.82) is 0 Å². The Labute approximate surface area is 202 Å². The lowest BCUT2D eigenvalue weighted by molar-refractivity contribution is -0.122. The summed E-state index contributed by atoms with van der Waals surface area (Å²) >= 11 is 6.17. The van der Waals surface area contributed by atoms with Crippen LogP contribution in [0.15, 0.2) is 60.3 Å². The van der Waals surface area contributed by atoms with E-state index in [1.807, 2.05) is 49.7 Å². The van der Waals surface area contributed by atoms with Gasteiger partial charge in [-0.25, -0.2) is 9.69 Å². The van der Waals surface area contributed by atoms with Gasteiger partial charge in [0, 0.05) is 16.9 Å². The number of imide groups is 2. The molecule has 0 bridgehead atoms. The molecule has 1 aliphatic rings. The Morgan fingerprint density at radius 1 is 1.00 bits per heavy atom. The summed E-state index contributed by atoms with van der Waals surface area (Å²) in [5.41, 5.74) is 3.81. The lowest BCUT2D eigenvalue weighted by atomic mass is 10.1. The van der Waals surface area contributed by atoms with Gasteiger partial charge in [0.25, 0.3) is 11.8 Å². The van der Waals surface area contributed by atoms with Gasteiger partial charge in [0.2, 0.25) is 0 Å². The highest BCUT2D eigenvalue weighted by Gasteiger charge is 2.37. The van der Waals surface area contributed by atoms with Crippen LogP contribution >= 0.6 is 11.6 Å². The molecule has 0 spiro atoms. The van der Waals surface area contributed by atoms with E-state index in [1.165, 1.54) is 17.7 Å². The summed E-state index contributed by atoms with van der Waals surface area (Å²) < 4.78 is 7.78. The Balaban J connectivity index is 1.54. The van der Waals surface area contributed by atoms with Gasteiger partial charge in [0.15, 0.2) is 0 Å². The van der Waals surface area contributed by atoms with Gasteiger partial charge in [0.1, 0.15) is 17.9 Å². The normalized spacial score (nSPS) is 15.1. The van der Waals surface area contributed by atoms with Crippen molar-refractivity contribution in [2.24, 2.45) is 0 Å². The Morgan fingerprint density at radius 2 is 1.79 bits per heavy atom. The molecule has 34 heavy (non-hydrogen) atoms. The molecule has 0 aliphatic carbocycles. The van der Waals surface area contributed by atoms with Crippen molar-refractivity contribution in [2.45, 2.75) is 27.3 Å². The van der Waals surface area contributed by atoms with E-state index in [0.29, 0.717) is 23.9 Å². The number of benzene rings is 2. The number of nitrogens with one attached hydrogen (secondary N) is 1. The van der Waals surface area contributed by atoms with Crippen molar-refractivity contribution in [3.63, 3.8) is 0 Å². The van der Waals surface area contributed by atoms with E-state index < -0.39 is 17.8 Å². The summed E-state index contributed by atoms with van der Waals surface area (Å²) in [5.74, 6) is -0.651. The number of rotatable bonds is 6. The van der Waals surface area contributed by atoms with Crippen molar-refractivity contribution >= 4 is 41.2 Å². The number of hydrogen-bond donors (Lipinski definition) is 1. The number of barbiturate groups is 1. The molecular weight excluding hydrogens is 454 g/mol. The first-order valence-corrected chi connectivity index (χ1v) is 11.1. The largest absolute Gasteiger partial charge is 0.491 e. The first kappa shape index (κ1) is 23.3. The smallest absolute Gasteiger partial charge is 0.335 e. The lowest BCUT2D eigenvalue weighted by Gasteiger charge is -2.26. The summed E-state index contributed by atoms with van der Waals surface area (Å²) in [5, 5.41) is 2.65. The molecule has 1 N–H and O–H groups in total. The van der Waals surface area contributed by atoms with Gasteiger partial charge in [0.05, 0.1) is 12.2 Å². The van der Waals surface area contributed by atoms with Gasteiger partial charge in [-0.2, -0.15) is 0 Å². The van der Waals surface area contributed by atoms with Gasteiger partial charge < -0.3 is 9.30 Å². The molecule has 2 aromatic carbocycles. The number of aromatic nitrogens is 1. The fraction of sp³-hybridized carbons (Fsp3) is 0.192. The maximum absolute atomic E-state index is 13.1. The molecule has 2 heterocycles. The number of nitrogens with zero attached hydrogens (tertiary/aromatic N) is 2. The van der Waals surface area contributed by atoms with Crippen LogP contribution < -0.4 is 15.0 Å². The quantitative estimate of drug-likeness (QED) is 0.408. The second-order valence-corrected chi connectivity index (χ2v) is 8.54. The van der Waals surface area contributed by atoms with Gasteiger partial charge in [-0.05, 0) is 68.3 Å². The molecule has 0 radical (unpaired) electrons. The predicted molar refractivity (Wildman–Crippen MR) is 131 cm³/mol. The van der Waals surface area contributed by atoms with E-state index in [9.17, 15) is 14.4 Å². The number of hydrogen-bond acceptors (Lipinski definition) is 4. The first-order chi connectivity index (χ1) is 16.2. The van der Waals surface area contributed by atoms with Crippen molar-refractivity contribution < 1.29 is 19.1 Å². The molecule has 174 valence electrons. The Kier molecular flexibility index (Phi) is 6.56. The summed E-state index contributed by atoms with van der Waals surface area (Å²) in [6.07, 6.45) is 3.32. The summed E-state index contributed by atoms with van der Waals surface area (Å²) in [6, 6.07) is 13.6. The number of carbonyl (C=O) groups excluding carboxylic acids is 3. The minimum atomic E-state index is -0.815. The number of aryl methyl sites for hydroxylation is 3. The molecule has 1 aliphatic heterocycles. The lowest BCUT2D eigenvalue weighted by Crippen LogP contribution is -2.54. The zero-order chi connectivity index (χ0) is 24.4. The first-order valence-electron chi connectivity index (χ1n) is 10.8. The molecule has 0 unspecified atom stereocenters. The summed E-state index contributed by atoms with van der Waals surface area (Å²) in [7, 11) is 0. The van der Waals surface area contributed by atoms with Gasteiger partial charge >= 0.3 is 6.03 Å². The third-order valence-corrected chi connectivity index (χ3v) is 6.00. The SMILES string of the molecule is Cc1ccc(OCCn2cccc2C=C2C(=O)NC(=O)N(c3ccc(C)c(Cl)c3)C2=O)c(C)c1.